The van der Waals surface area contributed by atoms with Crippen molar-refractivity contribution in [2.24, 2.45) is 4.99 Å². The molecule has 0 unspecified atom stereocenters. The fourth-order valence-corrected chi connectivity index (χ4v) is 4.98. The summed E-state index contributed by atoms with van der Waals surface area (Å²) in [7, 11) is -3.95. The van der Waals surface area contributed by atoms with Crippen LogP contribution in [0, 0.1) is 0 Å². The number of aromatic amines is 1. The number of aromatic nitrogens is 1. The molecule has 0 aliphatic carbocycles. The first-order chi connectivity index (χ1) is 16.2. The van der Waals surface area contributed by atoms with Crippen LogP contribution in [0.3, 0.4) is 0 Å². The molecule has 0 fully saturated rings. The molecule has 1 aromatic heterocycles. The van der Waals surface area contributed by atoms with E-state index < -0.39 is 15.9 Å². The maximum atomic E-state index is 12.7. The normalized spacial score (nSPS) is 13.0. The van der Waals surface area contributed by atoms with E-state index in [1.807, 2.05) is 30.3 Å². The highest BCUT2D eigenvalue weighted by Gasteiger charge is 2.33. The summed E-state index contributed by atoms with van der Waals surface area (Å²) in [4.78, 5) is 19.6. The molecule has 1 amide bonds. The maximum Gasteiger partial charge on any atom is 0.280 e. The summed E-state index contributed by atoms with van der Waals surface area (Å²) in [6, 6.07) is 18.8. The third-order valence-corrected chi connectivity index (χ3v) is 7.04. The molecule has 0 saturated heterocycles. The number of hydrogen-bond donors (Lipinski definition) is 4. The van der Waals surface area contributed by atoms with Crippen molar-refractivity contribution in [3.05, 3.63) is 94.5 Å². The Kier molecular flexibility index (Phi) is 5.15. The number of carbonyl (C=O) groups excluding carboxylic acids is 1. The monoisotopic (exact) mass is 493 g/mol. The van der Waals surface area contributed by atoms with Crippen LogP contribution in [-0.4, -0.2) is 35.2 Å². The van der Waals surface area contributed by atoms with Crippen molar-refractivity contribution in [2.75, 3.05) is 4.72 Å². The second-order valence-corrected chi connectivity index (χ2v) is 9.62. The third-order valence-electron chi connectivity index (χ3n) is 5.34. The van der Waals surface area contributed by atoms with Crippen LogP contribution in [0.4, 0.5) is 5.69 Å². The van der Waals surface area contributed by atoms with Gasteiger partial charge in [0.25, 0.3) is 15.9 Å². The number of fused-ring (bicyclic) bond motifs is 1. The summed E-state index contributed by atoms with van der Waals surface area (Å²) < 4.78 is 27.9. The van der Waals surface area contributed by atoms with Gasteiger partial charge in [0.15, 0.2) is 5.88 Å². The lowest BCUT2D eigenvalue weighted by Gasteiger charge is -2.10. The molecule has 1 aliphatic heterocycles. The Hall–Kier alpha value is -4.08. The van der Waals surface area contributed by atoms with Crippen molar-refractivity contribution in [1.29, 1.82) is 0 Å². The van der Waals surface area contributed by atoms with Gasteiger partial charge in [-0.1, -0.05) is 54.1 Å². The van der Waals surface area contributed by atoms with Crippen molar-refractivity contribution in [1.82, 2.24) is 4.98 Å². The highest BCUT2D eigenvalue weighted by Crippen LogP contribution is 2.38. The first-order valence-electron chi connectivity index (χ1n) is 10.00. The van der Waals surface area contributed by atoms with Gasteiger partial charge in [-0.2, -0.15) is 0 Å². The topological polar surface area (TPSA) is 132 Å². The number of phenolic OH excluding ortho intramolecular Hbond substituents is 1. The standard InChI is InChI=1S/C24H16ClN3O5S/c25-17-12-15(8-11-18(17)29)28-34(32,33)16-9-6-14(7-10-16)22-20-19(23(30)27-22)21(26-24(20)31)13-4-2-1-3-5-13/h1-12,26,28-29,31H. The van der Waals surface area contributed by atoms with Gasteiger partial charge in [0.1, 0.15) is 5.75 Å². The number of rotatable bonds is 5. The molecule has 10 heteroatoms. The molecule has 5 rings (SSSR count). The van der Waals surface area contributed by atoms with E-state index in [-0.39, 0.29) is 44.1 Å². The lowest BCUT2D eigenvalue weighted by atomic mass is 10.0. The number of hydrogen-bond acceptors (Lipinski definition) is 5. The van der Waals surface area contributed by atoms with Crippen LogP contribution in [0.15, 0.2) is 82.7 Å². The van der Waals surface area contributed by atoms with E-state index in [0.29, 0.717) is 11.3 Å². The summed E-state index contributed by atoms with van der Waals surface area (Å²) in [5.41, 5.74) is 2.63. The van der Waals surface area contributed by atoms with Crippen LogP contribution in [-0.2, 0) is 10.0 Å². The molecule has 2 heterocycles. The first-order valence-corrected chi connectivity index (χ1v) is 11.9. The number of anilines is 1. The van der Waals surface area contributed by atoms with E-state index >= 15 is 0 Å². The molecule has 3 aromatic carbocycles. The van der Waals surface area contributed by atoms with Crippen LogP contribution in [0.5, 0.6) is 11.6 Å². The van der Waals surface area contributed by atoms with Gasteiger partial charge in [-0.05, 0) is 35.9 Å². The minimum atomic E-state index is -3.95. The van der Waals surface area contributed by atoms with Crippen molar-refractivity contribution >= 4 is 38.9 Å². The Labute approximate surface area is 199 Å². The molecule has 4 aromatic rings. The van der Waals surface area contributed by atoms with Crippen molar-refractivity contribution in [3.63, 3.8) is 0 Å². The van der Waals surface area contributed by atoms with Crippen LogP contribution in [0.1, 0.15) is 21.5 Å². The lowest BCUT2D eigenvalue weighted by molar-refractivity contribution is 0.101. The largest absolute Gasteiger partial charge is 0.506 e. The number of sulfonamides is 1. The third kappa shape index (κ3) is 3.70. The van der Waals surface area contributed by atoms with Gasteiger partial charge in [0, 0.05) is 5.56 Å². The van der Waals surface area contributed by atoms with Gasteiger partial charge >= 0.3 is 0 Å². The van der Waals surface area contributed by atoms with E-state index in [1.165, 1.54) is 42.5 Å². The zero-order valence-corrected chi connectivity index (χ0v) is 18.9. The number of benzene rings is 3. The van der Waals surface area contributed by atoms with E-state index in [1.54, 1.807) is 0 Å². The van der Waals surface area contributed by atoms with Crippen molar-refractivity contribution in [2.45, 2.75) is 4.90 Å². The molecule has 170 valence electrons. The van der Waals surface area contributed by atoms with Gasteiger partial charge in [-0.3, -0.25) is 9.52 Å². The number of nitrogens with one attached hydrogen (secondary N) is 2. The predicted molar refractivity (Wildman–Crippen MR) is 128 cm³/mol. The highest BCUT2D eigenvalue weighted by molar-refractivity contribution is 7.92. The fourth-order valence-electron chi connectivity index (χ4n) is 3.75. The average Bonchev–Trinajstić information content (AvgIpc) is 3.35. The van der Waals surface area contributed by atoms with Crippen LogP contribution >= 0.6 is 11.6 Å². The minimum Gasteiger partial charge on any atom is -0.506 e. The average molecular weight is 494 g/mol. The van der Waals surface area contributed by atoms with Crippen molar-refractivity contribution in [3.8, 4) is 22.9 Å². The quantitative estimate of drug-likeness (QED) is 0.303. The second kappa shape index (κ2) is 8.05. The summed E-state index contributed by atoms with van der Waals surface area (Å²) in [5, 5.41) is 20.0. The van der Waals surface area contributed by atoms with E-state index in [4.69, 9.17) is 11.6 Å². The smallest absolute Gasteiger partial charge is 0.280 e. The Morgan fingerprint density at radius 2 is 1.59 bits per heavy atom. The molecule has 0 spiro atoms. The number of H-pyrrole nitrogens is 1. The van der Waals surface area contributed by atoms with Gasteiger partial charge in [0.2, 0.25) is 0 Å². The molecule has 8 nitrogen and oxygen atoms in total. The molecule has 1 aliphatic rings. The van der Waals surface area contributed by atoms with E-state index in [2.05, 4.69) is 14.7 Å². The Bertz CT molecular complexity index is 1580. The molecule has 0 bridgehead atoms. The Balaban J connectivity index is 1.46. The number of aliphatic imine (C=N–C) groups is 1. The van der Waals surface area contributed by atoms with E-state index in [9.17, 15) is 23.4 Å². The van der Waals surface area contributed by atoms with Crippen LogP contribution in [0.2, 0.25) is 5.02 Å². The molecule has 34 heavy (non-hydrogen) atoms. The number of halogens is 1. The summed E-state index contributed by atoms with van der Waals surface area (Å²) in [6.07, 6.45) is 0. The second-order valence-electron chi connectivity index (χ2n) is 7.53. The lowest BCUT2D eigenvalue weighted by Crippen LogP contribution is -2.13. The number of carbonyl (C=O) groups is 1. The zero-order chi connectivity index (χ0) is 24.0. The van der Waals surface area contributed by atoms with Gasteiger partial charge in [-0.15, -0.1) is 0 Å². The highest BCUT2D eigenvalue weighted by atomic mass is 35.5. The molecule has 0 radical (unpaired) electrons. The fraction of sp³-hybridized carbons (Fsp3) is 0. The number of phenols is 1. The minimum absolute atomic E-state index is 0.0106. The SMILES string of the molecule is O=C1N=C(c2ccc(S(=O)(=O)Nc3ccc(O)c(Cl)c3)cc2)c2c(O)[nH]c(-c3ccccc3)c21. The maximum absolute atomic E-state index is 12.7. The Morgan fingerprint density at radius 1 is 0.882 bits per heavy atom. The molecular formula is C24H16ClN3O5S. The molecule has 0 saturated carbocycles. The zero-order valence-electron chi connectivity index (χ0n) is 17.3. The summed E-state index contributed by atoms with van der Waals surface area (Å²) in [6.45, 7) is 0. The number of amides is 1. The van der Waals surface area contributed by atoms with Crippen LogP contribution < -0.4 is 4.72 Å². The molecule has 4 N–H and O–H groups in total. The predicted octanol–water partition coefficient (Wildman–Crippen LogP) is 4.54. The molecule has 0 atom stereocenters. The van der Waals surface area contributed by atoms with Gasteiger partial charge in [-0.25, -0.2) is 13.4 Å². The number of nitrogens with zero attached hydrogens (tertiary/aromatic N) is 1. The van der Waals surface area contributed by atoms with E-state index in [0.717, 1.165) is 5.56 Å². The molecular weight excluding hydrogens is 478 g/mol. The van der Waals surface area contributed by atoms with Crippen LogP contribution in [0.25, 0.3) is 11.3 Å². The van der Waals surface area contributed by atoms with Gasteiger partial charge < -0.3 is 15.2 Å². The number of aromatic hydroxyl groups is 2. The Morgan fingerprint density at radius 3 is 2.26 bits per heavy atom. The van der Waals surface area contributed by atoms with Crippen molar-refractivity contribution < 1.29 is 23.4 Å². The summed E-state index contributed by atoms with van der Waals surface area (Å²) in [5.74, 6) is -0.854. The first kappa shape index (κ1) is 21.7. The summed E-state index contributed by atoms with van der Waals surface area (Å²) >= 11 is 5.84. The van der Waals surface area contributed by atoms with Gasteiger partial charge in [0.05, 0.1) is 38.1 Å².